The van der Waals surface area contributed by atoms with E-state index < -0.39 is 23.3 Å². The molecule has 2 aliphatic rings. The number of halogens is 3. The lowest BCUT2D eigenvalue weighted by Gasteiger charge is -2.35. The van der Waals surface area contributed by atoms with Gasteiger partial charge in [-0.05, 0) is 18.2 Å². The van der Waals surface area contributed by atoms with Crippen molar-refractivity contribution in [2.24, 2.45) is 0 Å². The molecule has 0 aliphatic carbocycles. The number of fused-ring (bicyclic) bond motifs is 2. The van der Waals surface area contributed by atoms with Crippen LogP contribution in [-0.2, 0) is 10.3 Å². The number of nitrogens with zero attached hydrogens (tertiary/aromatic N) is 2. The molecule has 2 aliphatic heterocycles. The maximum absolute atomic E-state index is 13.4. The molecule has 1 fully saturated rings. The summed E-state index contributed by atoms with van der Waals surface area (Å²) in [4.78, 5) is 24.0. The zero-order valence-corrected chi connectivity index (χ0v) is 10.9. The predicted octanol–water partition coefficient (Wildman–Crippen LogP) is 2.38. The van der Waals surface area contributed by atoms with Crippen molar-refractivity contribution in [2.75, 3.05) is 6.61 Å². The van der Waals surface area contributed by atoms with E-state index >= 15 is 0 Å². The van der Waals surface area contributed by atoms with Gasteiger partial charge < -0.3 is 4.74 Å². The second-order valence-corrected chi connectivity index (χ2v) is 4.92. The predicted molar refractivity (Wildman–Crippen MR) is 64.0 cm³/mol. The van der Waals surface area contributed by atoms with Gasteiger partial charge in [0, 0.05) is 35.5 Å². The molecule has 0 saturated carbocycles. The second kappa shape index (κ2) is 3.98. The Morgan fingerprint density at radius 1 is 1.32 bits per heavy atom. The summed E-state index contributed by atoms with van der Waals surface area (Å²) in [5, 5.41) is 0. The molecule has 3 amide bonds. The summed E-state index contributed by atoms with van der Waals surface area (Å²) in [6, 6.07) is 2.87. The lowest BCUT2D eigenvalue weighted by molar-refractivity contribution is -0.130. The van der Waals surface area contributed by atoms with Gasteiger partial charge in [0.2, 0.25) is 0 Å². The van der Waals surface area contributed by atoms with Gasteiger partial charge in [-0.1, -0.05) is 0 Å². The van der Waals surface area contributed by atoms with Gasteiger partial charge in [-0.2, -0.15) is 4.42 Å². The number of ether oxygens (including phenoxy) is 1. The summed E-state index contributed by atoms with van der Waals surface area (Å²) >= 11 is 11.5. The van der Waals surface area contributed by atoms with Gasteiger partial charge in [0.15, 0.2) is 5.54 Å². The molecular formula is C11H7Cl2FN2O3. The Kier molecular flexibility index (Phi) is 2.62. The molecule has 2 heterocycles. The third-order valence-corrected chi connectivity index (χ3v) is 4.04. The third-order valence-electron chi connectivity index (χ3n) is 3.31. The van der Waals surface area contributed by atoms with Crippen molar-refractivity contribution in [1.82, 2.24) is 8.84 Å². The van der Waals surface area contributed by atoms with Gasteiger partial charge in [0.05, 0.1) is 6.61 Å². The van der Waals surface area contributed by atoms with Crippen LogP contribution in [0.15, 0.2) is 18.2 Å². The van der Waals surface area contributed by atoms with Crippen LogP contribution in [0.3, 0.4) is 0 Å². The van der Waals surface area contributed by atoms with Crippen LogP contribution >= 0.6 is 23.6 Å². The SMILES string of the molecule is O=C1N(Cl)C(=O)[C@@]2(CCOc3ccc(F)cc32)N1Cl. The molecule has 0 aromatic heterocycles. The molecule has 8 heteroatoms. The lowest BCUT2D eigenvalue weighted by atomic mass is 9.84. The Labute approximate surface area is 117 Å². The van der Waals surface area contributed by atoms with Crippen LogP contribution in [0.2, 0.25) is 0 Å². The van der Waals surface area contributed by atoms with E-state index in [2.05, 4.69) is 0 Å². The maximum Gasteiger partial charge on any atom is 0.357 e. The van der Waals surface area contributed by atoms with Crippen LogP contribution in [-0.4, -0.2) is 27.4 Å². The molecule has 1 saturated heterocycles. The molecule has 0 bridgehead atoms. The van der Waals surface area contributed by atoms with Crippen molar-refractivity contribution in [3.63, 3.8) is 0 Å². The molecule has 19 heavy (non-hydrogen) atoms. The standard InChI is InChI=1S/C11H7Cl2FN2O3/c12-15-9(17)11(16(13)10(15)18)3-4-19-8-2-1-6(14)5-7(8)11/h1-2,5H,3-4H2/t11-/m0/s1. The molecule has 3 rings (SSSR count). The van der Waals surface area contributed by atoms with Crippen LogP contribution < -0.4 is 4.74 Å². The summed E-state index contributed by atoms with van der Waals surface area (Å²) < 4.78 is 19.9. The number of carbonyl (C=O) groups is 2. The first kappa shape index (κ1) is 12.5. The van der Waals surface area contributed by atoms with Gasteiger partial charge in [-0.25, -0.2) is 13.6 Å². The highest BCUT2D eigenvalue weighted by atomic mass is 35.5. The van der Waals surface area contributed by atoms with Crippen LogP contribution in [0.4, 0.5) is 9.18 Å². The summed E-state index contributed by atoms with van der Waals surface area (Å²) in [6.07, 6.45) is 0.112. The number of imide groups is 1. The smallest absolute Gasteiger partial charge is 0.357 e. The van der Waals surface area contributed by atoms with Crippen molar-refractivity contribution in [2.45, 2.75) is 12.0 Å². The molecule has 1 atom stereocenters. The first-order valence-corrected chi connectivity index (χ1v) is 6.09. The van der Waals surface area contributed by atoms with E-state index in [1.165, 1.54) is 12.1 Å². The number of hydrogen-bond donors (Lipinski definition) is 0. The minimum Gasteiger partial charge on any atom is -0.493 e. The van der Waals surface area contributed by atoms with E-state index in [4.69, 9.17) is 28.3 Å². The van der Waals surface area contributed by atoms with Gasteiger partial charge >= 0.3 is 6.03 Å². The number of urea groups is 1. The van der Waals surface area contributed by atoms with E-state index in [0.717, 1.165) is 6.07 Å². The largest absolute Gasteiger partial charge is 0.493 e. The van der Waals surface area contributed by atoms with Crippen LogP contribution in [0.25, 0.3) is 0 Å². The van der Waals surface area contributed by atoms with Crippen LogP contribution in [0.5, 0.6) is 5.75 Å². The van der Waals surface area contributed by atoms with Gasteiger partial charge in [0.25, 0.3) is 5.91 Å². The number of benzene rings is 1. The average molecular weight is 305 g/mol. The monoisotopic (exact) mass is 304 g/mol. The number of amides is 3. The fraction of sp³-hybridized carbons (Fsp3) is 0.273. The van der Waals surface area contributed by atoms with Crippen LogP contribution in [0.1, 0.15) is 12.0 Å². The van der Waals surface area contributed by atoms with E-state index in [0.29, 0.717) is 14.6 Å². The number of carbonyl (C=O) groups excluding carboxylic acids is 2. The zero-order chi connectivity index (χ0) is 13.8. The highest BCUT2D eigenvalue weighted by molar-refractivity contribution is 6.39. The number of hydrogen-bond acceptors (Lipinski definition) is 3. The quantitative estimate of drug-likeness (QED) is 0.546. The molecule has 0 radical (unpaired) electrons. The minimum atomic E-state index is -1.50. The van der Waals surface area contributed by atoms with E-state index in [1.807, 2.05) is 0 Å². The summed E-state index contributed by atoms with van der Waals surface area (Å²) in [6.45, 7) is 0.172. The highest BCUT2D eigenvalue weighted by Gasteiger charge is 2.60. The summed E-state index contributed by atoms with van der Waals surface area (Å²) in [5.74, 6) is -0.947. The van der Waals surface area contributed by atoms with E-state index in [1.54, 1.807) is 0 Å². The highest BCUT2D eigenvalue weighted by Crippen LogP contribution is 2.48. The normalized spacial score (nSPS) is 25.8. The summed E-state index contributed by atoms with van der Waals surface area (Å²) in [7, 11) is 0. The lowest BCUT2D eigenvalue weighted by Crippen LogP contribution is -2.46. The molecular weight excluding hydrogens is 298 g/mol. The Hall–Kier alpha value is -1.53. The first-order chi connectivity index (χ1) is 8.98. The van der Waals surface area contributed by atoms with Crippen molar-refractivity contribution >= 4 is 35.5 Å². The Balaban J connectivity index is 2.25. The third kappa shape index (κ3) is 1.47. The van der Waals surface area contributed by atoms with Crippen molar-refractivity contribution < 1.29 is 18.7 Å². The van der Waals surface area contributed by atoms with Gasteiger partial charge in [-0.15, -0.1) is 0 Å². The van der Waals surface area contributed by atoms with E-state index in [-0.39, 0.29) is 18.6 Å². The Bertz CT molecular complexity index is 597. The van der Waals surface area contributed by atoms with E-state index in [9.17, 15) is 14.0 Å². The molecule has 100 valence electrons. The first-order valence-electron chi connectivity index (χ1n) is 5.41. The maximum atomic E-state index is 13.4. The van der Waals surface area contributed by atoms with Crippen molar-refractivity contribution in [3.8, 4) is 5.75 Å². The fourth-order valence-electron chi connectivity index (χ4n) is 2.39. The second-order valence-electron chi connectivity index (χ2n) is 4.25. The Morgan fingerprint density at radius 3 is 2.68 bits per heavy atom. The molecule has 0 N–H and O–H groups in total. The Morgan fingerprint density at radius 2 is 2.05 bits per heavy atom. The van der Waals surface area contributed by atoms with Crippen LogP contribution in [0, 0.1) is 5.82 Å². The van der Waals surface area contributed by atoms with Crippen molar-refractivity contribution in [3.05, 3.63) is 29.6 Å². The molecule has 1 aromatic carbocycles. The van der Waals surface area contributed by atoms with Gasteiger partial charge in [-0.3, -0.25) is 4.79 Å². The average Bonchev–Trinajstić information content (AvgIpc) is 2.57. The molecule has 1 spiro atoms. The fourth-order valence-corrected chi connectivity index (χ4v) is 2.97. The summed E-state index contributed by atoms with van der Waals surface area (Å²) in [5.41, 5.74) is -1.30. The number of rotatable bonds is 0. The minimum absolute atomic E-state index is 0.112. The van der Waals surface area contributed by atoms with Gasteiger partial charge in [0.1, 0.15) is 11.6 Å². The molecule has 1 aromatic rings. The molecule has 5 nitrogen and oxygen atoms in total. The molecule has 0 unspecified atom stereocenters. The zero-order valence-electron chi connectivity index (χ0n) is 9.40. The topological polar surface area (TPSA) is 49.9 Å². The van der Waals surface area contributed by atoms with Crippen molar-refractivity contribution in [1.29, 1.82) is 0 Å².